The van der Waals surface area contributed by atoms with Gasteiger partial charge in [0.1, 0.15) is 0 Å². The second-order valence-electron chi connectivity index (χ2n) is 3.49. The van der Waals surface area contributed by atoms with Crippen LogP contribution in [-0.2, 0) is 9.53 Å². The number of rotatable bonds is 6. The van der Waals surface area contributed by atoms with Crippen LogP contribution in [0.4, 0.5) is 0 Å². The van der Waals surface area contributed by atoms with E-state index in [9.17, 15) is 9.90 Å². The Kier molecular flexibility index (Phi) is 6.89. The van der Waals surface area contributed by atoms with Gasteiger partial charge in [0.2, 0.25) is 0 Å². The molecular weight excluding hydrogens is 180 g/mol. The van der Waals surface area contributed by atoms with Gasteiger partial charge in [0.25, 0.3) is 0 Å². The van der Waals surface area contributed by atoms with Gasteiger partial charge in [0.15, 0.2) is 0 Å². The maximum atomic E-state index is 10.9. The van der Waals surface area contributed by atoms with Gasteiger partial charge >= 0.3 is 5.97 Å². The van der Waals surface area contributed by atoms with Crippen LogP contribution in [0.5, 0.6) is 0 Å². The van der Waals surface area contributed by atoms with Crippen molar-refractivity contribution in [1.82, 2.24) is 0 Å². The number of carbonyl (C=O) groups excluding carboxylic acids is 1. The van der Waals surface area contributed by atoms with E-state index in [4.69, 9.17) is 0 Å². The van der Waals surface area contributed by atoms with Crippen molar-refractivity contribution in [1.29, 1.82) is 0 Å². The molecule has 0 aliphatic heterocycles. The van der Waals surface area contributed by atoms with Gasteiger partial charge in [0.05, 0.1) is 18.4 Å². The largest absolute Gasteiger partial charge is 0.512 e. The van der Waals surface area contributed by atoms with Crippen molar-refractivity contribution in [3.63, 3.8) is 0 Å². The van der Waals surface area contributed by atoms with Gasteiger partial charge < -0.3 is 9.84 Å². The third-order valence-corrected chi connectivity index (χ3v) is 1.91. The van der Waals surface area contributed by atoms with E-state index >= 15 is 0 Å². The van der Waals surface area contributed by atoms with Crippen LogP contribution < -0.4 is 0 Å². The van der Waals surface area contributed by atoms with E-state index < -0.39 is 5.97 Å². The molecular formula is C11H20O3. The highest BCUT2D eigenvalue weighted by Crippen LogP contribution is 2.14. The third-order valence-electron chi connectivity index (χ3n) is 1.91. The maximum absolute atomic E-state index is 10.9. The molecule has 0 aliphatic rings. The lowest BCUT2D eigenvalue weighted by molar-refractivity contribution is -0.137. The van der Waals surface area contributed by atoms with Gasteiger partial charge in [-0.25, -0.2) is 4.79 Å². The number of ether oxygens (including phenoxy) is 1. The molecule has 0 aromatic heterocycles. The smallest absolute Gasteiger partial charge is 0.334 e. The zero-order chi connectivity index (χ0) is 11.0. The van der Waals surface area contributed by atoms with E-state index in [1.54, 1.807) is 6.92 Å². The minimum absolute atomic E-state index is 0.115. The highest BCUT2D eigenvalue weighted by Gasteiger charge is 2.06. The first-order chi connectivity index (χ1) is 6.60. The van der Waals surface area contributed by atoms with Crippen LogP contribution in [0.2, 0.25) is 0 Å². The van der Waals surface area contributed by atoms with Crippen molar-refractivity contribution >= 4 is 5.97 Å². The van der Waals surface area contributed by atoms with Gasteiger partial charge in [-0.2, -0.15) is 0 Å². The molecule has 0 aromatic rings. The molecule has 0 aliphatic carbocycles. The molecule has 0 bridgehead atoms. The van der Waals surface area contributed by atoms with Crippen molar-refractivity contribution in [3.05, 3.63) is 11.8 Å². The Labute approximate surface area is 85.8 Å². The predicted octanol–water partition coefficient (Wildman–Crippen LogP) is 2.82. The van der Waals surface area contributed by atoms with E-state index in [-0.39, 0.29) is 5.76 Å². The summed E-state index contributed by atoms with van der Waals surface area (Å²) in [4.78, 5) is 10.9. The van der Waals surface area contributed by atoms with Crippen LogP contribution >= 0.6 is 0 Å². The van der Waals surface area contributed by atoms with E-state index in [1.807, 2.05) is 0 Å². The topological polar surface area (TPSA) is 46.5 Å². The minimum atomic E-state index is -0.464. The summed E-state index contributed by atoms with van der Waals surface area (Å²) in [5.74, 6) is 0.0591. The molecule has 0 saturated heterocycles. The second kappa shape index (κ2) is 7.42. The number of hydrogen-bond acceptors (Lipinski definition) is 3. The normalized spacial score (nSPS) is 13.8. The van der Waals surface area contributed by atoms with Gasteiger partial charge in [-0.3, -0.25) is 0 Å². The first kappa shape index (κ1) is 13.0. The summed E-state index contributed by atoms with van der Waals surface area (Å²) in [6, 6.07) is 0. The van der Waals surface area contributed by atoms with Crippen molar-refractivity contribution in [2.45, 2.75) is 40.0 Å². The molecule has 14 heavy (non-hydrogen) atoms. The van der Waals surface area contributed by atoms with Crippen LogP contribution in [0, 0.1) is 5.92 Å². The summed E-state index contributed by atoms with van der Waals surface area (Å²) in [6.45, 7) is 6.23. The van der Waals surface area contributed by atoms with Gasteiger partial charge in [-0.1, -0.05) is 26.7 Å². The monoisotopic (exact) mass is 200 g/mol. The van der Waals surface area contributed by atoms with Crippen molar-refractivity contribution in [3.8, 4) is 0 Å². The third kappa shape index (κ3) is 6.52. The molecule has 82 valence electrons. The van der Waals surface area contributed by atoms with Crippen molar-refractivity contribution < 1.29 is 14.6 Å². The first-order valence-corrected chi connectivity index (χ1v) is 5.16. The minimum Gasteiger partial charge on any atom is -0.512 e. The molecule has 0 radical (unpaired) electrons. The lowest BCUT2D eigenvalue weighted by Crippen LogP contribution is -2.03. The molecule has 0 unspecified atom stereocenters. The van der Waals surface area contributed by atoms with Crippen LogP contribution in [-0.4, -0.2) is 17.7 Å². The average molecular weight is 200 g/mol. The molecule has 0 spiro atoms. The van der Waals surface area contributed by atoms with E-state index in [1.165, 1.54) is 0 Å². The Balaban J connectivity index is 3.92. The summed E-state index contributed by atoms with van der Waals surface area (Å²) in [6.07, 6.45) is 3.86. The molecule has 0 heterocycles. The molecule has 0 fully saturated rings. The quantitative estimate of drug-likeness (QED) is 0.407. The maximum Gasteiger partial charge on any atom is 0.334 e. The van der Waals surface area contributed by atoms with Crippen LogP contribution in [0.25, 0.3) is 0 Å². The lowest BCUT2D eigenvalue weighted by atomic mass is 10.0. The fourth-order valence-electron chi connectivity index (χ4n) is 1.33. The van der Waals surface area contributed by atoms with Crippen LogP contribution in [0.15, 0.2) is 11.8 Å². The van der Waals surface area contributed by atoms with Crippen molar-refractivity contribution in [2.24, 2.45) is 5.92 Å². The van der Waals surface area contributed by atoms with Crippen molar-refractivity contribution in [2.75, 3.05) is 6.61 Å². The zero-order valence-electron chi connectivity index (χ0n) is 9.25. The number of hydrogen-bond donors (Lipinski definition) is 1. The van der Waals surface area contributed by atoms with Gasteiger partial charge in [-0.15, -0.1) is 0 Å². The summed E-state index contributed by atoms with van der Waals surface area (Å²) in [5.41, 5.74) is 0. The Bertz CT molecular complexity index is 197. The molecule has 0 amide bonds. The Morgan fingerprint density at radius 3 is 2.64 bits per heavy atom. The van der Waals surface area contributed by atoms with E-state index in [0.717, 1.165) is 18.9 Å². The summed E-state index contributed by atoms with van der Waals surface area (Å²) in [7, 11) is 0. The first-order valence-electron chi connectivity index (χ1n) is 5.16. The fourth-order valence-corrected chi connectivity index (χ4v) is 1.33. The molecule has 0 rings (SSSR count). The number of aliphatic hydroxyl groups is 1. The van der Waals surface area contributed by atoms with Crippen LogP contribution in [0.3, 0.4) is 0 Å². The molecule has 0 aromatic carbocycles. The summed E-state index contributed by atoms with van der Waals surface area (Å²) < 4.78 is 4.68. The lowest BCUT2D eigenvalue weighted by Gasteiger charge is -2.08. The SMILES string of the molecule is CCC[C@@H](C)CC(O)=CC(=O)OCC. The highest BCUT2D eigenvalue weighted by molar-refractivity contribution is 5.82. The van der Waals surface area contributed by atoms with E-state index in [0.29, 0.717) is 18.9 Å². The molecule has 1 atom stereocenters. The van der Waals surface area contributed by atoms with Gasteiger partial charge in [0, 0.05) is 6.42 Å². The Morgan fingerprint density at radius 2 is 2.14 bits per heavy atom. The highest BCUT2D eigenvalue weighted by atomic mass is 16.5. The molecule has 3 nitrogen and oxygen atoms in total. The standard InChI is InChI=1S/C11H20O3/c1-4-6-9(3)7-10(12)8-11(13)14-5-2/h8-9,12H,4-7H2,1-3H3/t9-/m1/s1. The number of carbonyl (C=O) groups is 1. The Morgan fingerprint density at radius 1 is 1.50 bits per heavy atom. The molecule has 0 saturated carbocycles. The summed E-state index contributed by atoms with van der Waals surface area (Å²) >= 11 is 0. The van der Waals surface area contributed by atoms with Crippen LogP contribution in [0.1, 0.15) is 40.0 Å². The summed E-state index contributed by atoms with van der Waals surface area (Å²) in [5, 5.41) is 9.40. The molecule has 3 heteroatoms. The fraction of sp³-hybridized carbons (Fsp3) is 0.727. The Hall–Kier alpha value is -0.990. The predicted molar refractivity (Wildman–Crippen MR) is 56.0 cm³/mol. The number of aliphatic hydroxyl groups excluding tert-OH is 1. The zero-order valence-corrected chi connectivity index (χ0v) is 9.25. The van der Waals surface area contributed by atoms with Gasteiger partial charge in [-0.05, 0) is 12.8 Å². The average Bonchev–Trinajstić information content (AvgIpc) is 2.03. The number of esters is 1. The number of allylic oxidation sites excluding steroid dienone is 1. The van der Waals surface area contributed by atoms with E-state index in [2.05, 4.69) is 18.6 Å². The molecule has 1 N–H and O–H groups in total. The second-order valence-corrected chi connectivity index (χ2v) is 3.49.